The number of rotatable bonds is 4. The molecule has 1 aromatic carbocycles. The molecule has 1 saturated carbocycles. The summed E-state index contributed by atoms with van der Waals surface area (Å²) in [7, 11) is -2.00. The summed E-state index contributed by atoms with van der Waals surface area (Å²) in [5.41, 5.74) is 0.446. The van der Waals surface area contributed by atoms with Gasteiger partial charge in [-0.25, -0.2) is 8.42 Å². The molecule has 22 heavy (non-hydrogen) atoms. The van der Waals surface area contributed by atoms with Crippen molar-refractivity contribution in [2.24, 2.45) is 5.92 Å². The number of benzene rings is 1. The maximum atomic E-state index is 12.9. The van der Waals surface area contributed by atoms with E-state index in [9.17, 15) is 13.2 Å². The van der Waals surface area contributed by atoms with E-state index in [1.165, 1.54) is 24.3 Å². The molecule has 1 aromatic rings. The largest absolute Gasteiger partial charge is 0.378 e. The molecular formula is C15H20N2O4S. The third kappa shape index (κ3) is 2.88. The van der Waals surface area contributed by atoms with Crippen molar-refractivity contribution in [3.05, 3.63) is 29.8 Å². The average Bonchev–Trinajstić information content (AvgIpc) is 3.39. The minimum atomic E-state index is -3.54. The van der Waals surface area contributed by atoms with Crippen molar-refractivity contribution in [3.63, 3.8) is 0 Å². The van der Waals surface area contributed by atoms with Gasteiger partial charge in [0, 0.05) is 19.2 Å². The van der Waals surface area contributed by atoms with Crippen molar-refractivity contribution in [1.82, 2.24) is 9.62 Å². The van der Waals surface area contributed by atoms with Gasteiger partial charge in [-0.15, -0.1) is 0 Å². The second-order valence-corrected chi connectivity index (χ2v) is 7.59. The zero-order valence-electron chi connectivity index (χ0n) is 12.5. The number of nitrogens with zero attached hydrogens (tertiary/aromatic N) is 1. The molecule has 0 bridgehead atoms. The molecule has 3 rings (SSSR count). The Morgan fingerprint density at radius 2 is 1.95 bits per heavy atom. The highest BCUT2D eigenvalue weighted by molar-refractivity contribution is 7.89. The van der Waals surface area contributed by atoms with Crippen LogP contribution in [0.25, 0.3) is 0 Å². The van der Waals surface area contributed by atoms with Crippen LogP contribution in [-0.2, 0) is 14.8 Å². The Labute approximate surface area is 130 Å². The molecule has 1 unspecified atom stereocenters. The molecule has 1 aliphatic carbocycles. The van der Waals surface area contributed by atoms with Crippen molar-refractivity contribution < 1.29 is 17.9 Å². The van der Waals surface area contributed by atoms with Gasteiger partial charge in [0.2, 0.25) is 10.0 Å². The number of morpholine rings is 1. The molecule has 0 spiro atoms. The Balaban J connectivity index is 1.86. The zero-order chi connectivity index (χ0) is 15.7. The summed E-state index contributed by atoms with van der Waals surface area (Å²) in [5, 5.41) is 2.52. The van der Waals surface area contributed by atoms with Gasteiger partial charge in [-0.3, -0.25) is 4.79 Å². The van der Waals surface area contributed by atoms with Crippen molar-refractivity contribution in [1.29, 1.82) is 0 Å². The van der Waals surface area contributed by atoms with E-state index >= 15 is 0 Å². The third-order valence-corrected chi connectivity index (χ3v) is 6.17. The fourth-order valence-electron chi connectivity index (χ4n) is 2.82. The van der Waals surface area contributed by atoms with Gasteiger partial charge in [-0.1, -0.05) is 0 Å². The van der Waals surface area contributed by atoms with Gasteiger partial charge in [-0.05, 0) is 43.0 Å². The molecule has 2 fully saturated rings. The summed E-state index contributed by atoms with van der Waals surface area (Å²) in [4.78, 5) is 11.8. The van der Waals surface area contributed by atoms with Crippen LogP contribution >= 0.6 is 0 Å². The van der Waals surface area contributed by atoms with E-state index < -0.39 is 10.0 Å². The standard InChI is InChI=1S/C15H20N2O4S/c1-16-15(18)12-4-6-13(7-5-12)22(19,20)17-8-9-21-10-14(17)11-2-3-11/h4-7,11,14H,2-3,8-10H2,1H3,(H,16,18). The van der Waals surface area contributed by atoms with Gasteiger partial charge in [-0.2, -0.15) is 4.31 Å². The SMILES string of the molecule is CNC(=O)c1ccc(S(=O)(=O)N2CCOCC2C2CC2)cc1. The van der Waals surface area contributed by atoms with Crippen LogP contribution in [0.4, 0.5) is 0 Å². The normalized spacial score (nSPS) is 23.2. The summed E-state index contributed by atoms with van der Waals surface area (Å²) in [6.07, 6.45) is 2.13. The molecule has 0 radical (unpaired) electrons. The minimum Gasteiger partial charge on any atom is -0.378 e. The van der Waals surface area contributed by atoms with E-state index in [0.717, 1.165) is 12.8 Å². The fraction of sp³-hybridized carbons (Fsp3) is 0.533. The van der Waals surface area contributed by atoms with Gasteiger partial charge in [0.1, 0.15) is 0 Å². The Bertz CT molecular complexity index is 653. The molecule has 0 aromatic heterocycles. The first-order chi connectivity index (χ1) is 10.5. The lowest BCUT2D eigenvalue weighted by molar-refractivity contribution is 0.0247. The van der Waals surface area contributed by atoms with Crippen LogP contribution in [0.15, 0.2) is 29.2 Å². The Morgan fingerprint density at radius 3 is 2.55 bits per heavy atom. The van der Waals surface area contributed by atoms with Crippen LogP contribution < -0.4 is 5.32 Å². The van der Waals surface area contributed by atoms with Crippen LogP contribution in [0, 0.1) is 5.92 Å². The van der Waals surface area contributed by atoms with E-state index in [0.29, 0.717) is 31.2 Å². The third-order valence-electron chi connectivity index (χ3n) is 4.23. The maximum Gasteiger partial charge on any atom is 0.251 e. The van der Waals surface area contributed by atoms with Crippen molar-refractivity contribution >= 4 is 15.9 Å². The summed E-state index contributed by atoms with van der Waals surface area (Å²) < 4.78 is 32.7. The molecular weight excluding hydrogens is 304 g/mol. The second kappa shape index (κ2) is 5.98. The lowest BCUT2D eigenvalue weighted by Crippen LogP contribution is -2.49. The lowest BCUT2D eigenvalue weighted by atomic mass is 10.2. The average molecular weight is 324 g/mol. The summed E-state index contributed by atoms with van der Waals surface area (Å²) in [5.74, 6) is 0.186. The van der Waals surface area contributed by atoms with E-state index in [2.05, 4.69) is 5.32 Å². The number of amides is 1. The van der Waals surface area contributed by atoms with E-state index in [4.69, 9.17) is 4.74 Å². The molecule has 1 N–H and O–H groups in total. The fourth-order valence-corrected chi connectivity index (χ4v) is 4.47. The highest BCUT2D eigenvalue weighted by atomic mass is 32.2. The lowest BCUT2D eigenvalue weighted by Gasteiger charge is -2.34. The summed E-state index contributed by atoms with van der Waals surface area (Å²) in [6, 6.07) is 6.02. The number of carbonyl (C=O) groups is 1. The molecule has 1 saturated heterocycles. The van der Waals surface area contributed by atoms with Crippen LogP contribution in [0.5, 0.6) is 0 Å². The Hall–Kier alpha value is -1.44. The maximum absolute atomic E-state index is 12.9. The van der Waals surface area contributed by atoms with Gasteiger partial charge >= 0.3 is 0 Å². The van der Waals surface area contributed by atoms with Crippen molar-refractivity contribution in [2.75, 3.05) is 26.8 Å². The van der Waals surface area contributed by atoms with Crippen molar-refractivity contribution in [2.45, 2.75) is 23.8 Å². The smallest absolute Gasteiger partial charge is 0.251 e. The molecule has 1 aliphatic heterocycles. The summed E-state index contributed by atoms with van der Waals surface area (Å²) >= 11 is 0. The molecule has 2 aliphatic rings. The molecule has 1 heterocycles. The molecule has 6 nitrogen and oxygen atoms in total. The van der Waals surface area contributed by atoms with Crippen LogP contribution in [0.1, 0.15) is 23.2 Å². The summed E-state index contributed by atoms with van der Waals surface area (Å²) in [6.45, 7) is 1.29. The topological polar surface area (TPSA) is 75.7 Å². The molecule has 1 amide bonds. The molecule has 120 valence electrons. The Kier molecular flexibility index (Phi) is 4.20. The van der Waals surface area contributed by atoms with Crippen LogP contribution in [0.3, 0.4) is 0 Å². The van der Waals surface area contributed by atoms with Gasteiger partial charge in [0.15, 0.2) is 0 Å². The van der Waals surface area contributed by atoms with Gasteiger partial charge < -0.3 is 10.1 Å². The van der Waals surface area contributed by atoms with Gasteiger partial charge in [0.05, 0.1) is 24.2 Å². The zero-order valence-corrected chi connectivity index (χ0v) is 13.3. The first kappa shape index (κ1) is 15.5. The first-order valence-corrected chi connectivity index (χ1v) is 8.90. The number of nitrogens with one attached hydrogen (secondary N) is 1. The van der Waals surface area contributed by atoms with Crippen LogP contribution in [0.2, 0.25) is 0 Å². The predicted octanol–water partition coefficient (Wildman–Crippen LogP) is 0.846. The van der Waals surface area contributed by atoms with Crippen LogP contribution in [-0.4, -0.2) is 51.5 Å². The number of carbonyl (C=O) groups excluding carboxylic acids is 1. The molecule has 7 heteroatoms. The van der Waals surface area contributed by atoms with E-state index in [1.54, 1.807) is 11.4 Å². The monoisotopic (exact) mass is 324 g/mol. The number of sulfonamides is 1. The predicted molar refractivity (Wildman–Crippen MR) is 81.1 cm³/mol. The highest BCUT2D eigenvalue weighted by Crippen LogP contribution is 2.38. The number of hydrogen-bond donors (Lipinski definition) is 1. The van der Waals surface area contributed by atoms with Crippen molar-refractivity contribution in [3.8, 4) is 0 Å². The Morgan fingerprint density at radius 1 is 1.27 bits per heavy atom. The highest BCUT2D eigenvalue weighted by Gasteiger charge is 2.42. The quantitative estimate of drug-likeness (QED) is 0.891. The minimum absolute atomic E-state index is 0.0580. The van der Waals surface area contributed by atoms with E-state index in [1.807, 2.05) is 0 Å². The number of hydrogen-bond acceptors (Lipinski definition) is 4. The van der Waals surface area contributed by atoms with Gasteiger partial charge in [0.25, 0.3) is 5.91 Å². The second-order valence-electron chi connectivity index (χ2n) is 5.70. The van der Waals surface area contributed by atoms with E-state index in [-0.39, 0.29) is 16.8 Å². The molecule has 1 atom stereocenters. The number of ether oxygens (including phenoxy) is 1. The first-order valence-electron chi connectivity index (χ1n) is 7.46.